The summed E-state index contributed by atoms with van der Waals surface area (Å²) in [6.45, 7) is 7.31. The van der Waals surface area contributed by atoms with Gasteiger partial charge in [0.15, 0.2) is 17.4 Å². The fourth-order valence-corrected chi connectivity index (χ4v) is 5.86. The quantitative estimate of drug-likeness (QED) is 0.532. The van der Waals surface area contributed by atoms with Gasteiger partial charge in [0.1, 0.15) is 12.1 Å². The molecule has 1 saturated carbocycles. The van der Waals surface area contributed by atoms with Crippen LogP contribution in [0.4, 0.5) is 8.78 Å². The SMILES string of the molecule is CC(C)N(CC1CCNCC1)C1CC(Oc2c(F)cc3c(c2F)C(=O)N(C2CCC(=O)NC2=O)C3=O)C1. The zero-order chi connectivity index (χ0) is 26.4. The minimum absolute atomic E-state index is 0.0666. The minimum atomic E-state index is -1.26. The third-order valence-corrected chi connectivity index (χ3v) is 7.99. The summed E-state index contributed by atoms with van der Waals surface area (Å²) in [4.78, 5) is 52.6. The number of hydrogen-bond acceptors (Lipinski definition) is 7. The lowest BCUT2D eigenvalue weighted by molar-refractivity contribution is -0.136. The standard InChI is InChI=1S/C26H32F2N4O5/c1-13(2)31(12-14-5-7-29-8-6-14)15-9-16(10-15)37-23-18(27)11-17-21(22(23)28)26(36)32(25(17)35)19-3-4-20(33)30-24(19)34/h11,13-16,19,29H,3-10,12H2,1-2H3,(H,30,33,34). The first kappa shape index (κ1) is 25.7. The molecular weight excluding hydrogens is 486 g/mol. The molecule has 1 atom stereocenters. The Labute approximate surface area is 213 Å². The maximum absolute atomic E-state index is 15.4. The van der Waals surface area contributed by atoms with E-state index in [0.717, 1.165) is 38.5 Å². The predicted molar refractivity (Wildman–Crippen MR) is 128 cm³/mol. The van der Waals surface area contributed by atoms with E-state index in [1.807, 2.05) is 0 Å². The number of benzene rings is 1. The Bertz CT molecular complexity index is 1130. The highest BCUT2D eigenvalue weighted by molar-refractivity contribution is 6.23. The number of hydrogen-bond donors (Lipinski definition) is 2. The summed E-state index contributed by atoms with van der Waals surface area (Å²) in [5.74, 6) is -5.69. The molecule has 4 aliphatic rings. The van der Waals surface area contributed by atoms with E-state index in [2.05, 4.69) is 29.4 Å². The summed E-state index contributed by atoms with van der Waals surface area (Å²) >= 11 is 0. The third kappa shape index (κ3) is 4.74. The number of fused-ring (bicyclic) bond motifs is 1. The Morgan fingerprint density at radius 3 is 2.43 bits per heavy atom. The highest BCUT2D eigenvalue weighted by atomic mass is 19.1. The van der Waals surface area contributed by atoms with Crippen molar-refractivity contribution in [1.82, 2.24) is 20.4 Å². The van der Waals surface area contributed by atoms with Gasteiger partial charge in [-0.25, -0.2) is 8.78 Å². The van der Waals surface area contributed by atoms with E-state index in [4.69, 9.17) is 4.74 Å². The van der Waals surface area contributed by atoms with Crippen LogP contribution >= 0.6 is 0 Å². The van der Waals surface area contributed by atoms with Crippen molar-refractivity contribution >= 4 is 23.6 Å². The van der Waals surface area contributed by atoms with E-state index in [1.54, 1.807) is 0 Å². The molecule has 4 amide bonds. The number of amides is 4. The third-order valence-electron chi connectivity index (χ3n) is 7.99. The molecule has 1 aliphatic carbocycles. The van der Waals surface area contributed by atoms with Crippen LogP contribution in [0.5, 0.6) is 5.75 Å². The van der Waals surface area contributed by atoms with Crippen molar-refractivity contribution in [3.63, 3.8) is 0 Å². The van der Waals surface area contributed by atoms with Gasteiger partial charge < -0.3 is 10.1 Å². The van der Waals surface area contributed by atoms with Gasteiger partial charge in [-0.1, -0.05) is 0 Å². The lowest BCUT2D eigenvalue weighted by Gasteiger charge is -2.46. The summed E-state index contributed by atoms with van der Waals surface area (Å²) < 4.78 is 36.1. The maximum atomic E-state index is 15.4. The van der Waals surface area contributed by atoms with Gasteiger partial charge in [-0.2, -0.15) is 0 Å². The normalized spacial score (nSPS) is 26.5. The smallest absolute Gasteiger partial charge is 0.265 e. The highest BCUT2D eigenvalue weighted by Crippen LogP contribution is 2.38. The molecule has 2 N–H and O–H groups in total. The van der Waals surface area contributed by atoms with Crippen LogP contribution in [0.1, 0.15) is 73.1 Å². The Morgan fingerprint density at radius 1 is 1.08 bits per heavy atom. The van der Waals surface area contributed by atoms with Gasteiger partial charge in [0.25, 0.3) is 11.8 Å². The maximum Gasteiger partial charge on any atom is 0.265 e. The van der Waals surface area contributed by atoms with Gasteiger partial charge >= 0.3 is 0 Å². The molecule has 0 bridgehead atoms. The lowest BCUT2D eigenvalue weighted by atomic mass is 9.85. The number of nitrogens with zero attached hydrogens (tertiary/aromatic N) is 2. The molecule has 1 aromatic carbocycles. The van der Waals surface area contributed by atoms with Gasteiger partial charge in [-0.15, -0.1) is 0 Å². The van der Waals surface area contributed by atoms with Crippen LogP contribution in [0.15, 0.2) is 6.07 Å². The van der Waals surface area contributed by atoms with Crippen molar-refractivity contribution in [3.8, 4) is 5.75 Å². The Balaban J connectivity index is 1.28. The molecule has 200 valence electrons. The van der Waals surface area contributed by atoms with Crippen LogP contribution in [0, 0.1) is 17.6 Å². The molecule has 0 aromatic heterocycles. The van der Waals surface area contributed by atoms with Gasteiger partial charge in [-0.05, 0) is 58.2 Å². The molecule has 2 saturated heterocycles. The van der Waals surface area contributed by atoms with E-state index in [0.29, 0.717) is 29.7 Å². The number of halogens is 2. The summed E-state index contributed by atoms with van der Waals surface area (Å²) in [5.41, 5.74) is -1.05. The fourth-order valence-electron chi connectivity index (χ4n) is 5.86. The predicted octanol–water partition coefficient (Wildman–Crippen LogP) is 1.99. The Hall–Kier alpha value is -2.92. The van der Waals surface area contributed by atoms with Crippen LogP contribution in [0.3, 0.4) is 0 Å². The molecule has 3 fully saturated rings. The summed E-state index contributed by atoms with van der Waals surface area (Å²) in [5, 5.41) is 5.45. The van der Waals surface area contributed by atoms with Crippen LogP contribution in [-0.2, 0) is 9.59 Å². The van der Waals surface area contributed by atoms with Gasteiger partial charge in [0.05, 0.1) is 11.1 Å². The van der Waals surface area contributed by atoms with Crippen molar-refractivity contribution in [3.05, 3.63) is 28.8 Å². The van der Waals surface area contributed by atoms with E-state index in [1.165, 1.54) is 0 Å². The van der Waals surface area contributed by atoms with Crippen molar-refractivity contribution < 1.29 is 32.7 Å². The summed E-state index contributed by atoms with van der Waals surface area (Å²) in [7, 11) is 0. The number of ether oxygens (including phenoxy) is 1. The lowest BCUT2D eigenvalue weighted by Crippen LogP contribution is -2.54. The second-order valence-electron chi connectivity index (χ2n) is 10.7. The number of carbonyl (C=O) groups is 4. The van der Waals surface area contributed by atoms with Crippen LogP contribution in [0.2, 0.25) is 0 Å². The van der Waals surface area contributed by atoms with Crippen LogP contribution < -0.4 is 15.4 Å². The number of piperidine rings is 2. The monoisotopic (exact) mass is 518 g/mol. The molecule has 37 heavy (non-hydrogen) atoms. The molecule has 3 aliphatic heterocycles. The fraction of sp³-hybridized carbons (Fsp3) is 0.615. The van der Waals surface area contributed by atoms with Crippen molar-refractivity contribution in [2.75, 3.05) is 19.6 Å². The molecule has 0 spiro atoms. The van der Waals surface area contributed by atoms with Gasteiger partial charge in [0, 0.05) is 37.9 Å². The van der Waals surface area contributed by atoms with E-state index >= 15 is 4.39 Å². The van der Waals surface area contributed by atoms with Gasteiger partial charge in [-0.3, -0.25) is 34.3 Å². The number of rotatable bonds is 7. The molecule has 1 unspecified atom stereocenters. The molecule has 1 aromatic rings. The van der Waals surface area contributed by atoms with Crippen molar-refractivity contribution in [1.29, 1.82) is 0 Å². The van der Waals surface area contributed by atoms with Crippen LogP contribution in [0.25, 0.3) is 0 Å². The second kappa shape index (κ2) is 10.1. The zero-order valence-corrected chi connectivity index (χ0v) is 21.0. The first-order chi connectivity index (χ1) is 17.7. The molecule has 11 heteroatoms. The molecule has 9 nitrogen and oxygen atoms in total. The molecular formula is C26H32F2N4O5. The average Bonchev–Trinajstić information content (AvgIpc) is 3.07. The first-order valence-corrected chi connectivity index (χ1v) is 13.0. The Kier molecular flexibility index (Phi) is 7.01. The minimum Gasteiger partial charge on any atom is -0.484 e. The van der Waals surface area contributed by atoms with E-state index in [9.17, 15) is 23.6 Å². The number of carbonyl (C=O) groups excluding carboxylic acids is 4. The second-order valence-corrected chi connectivity index (χ2v) is 10.7. The number of imide groups is 2. The molecule has 0 radical (unpaired) electrons. The topological polar surface area (TPSA) is 108 Å². The summed E-state index contributed by atoms with van der Waals surface area (Å²) in [6, 6.07) is 0.113. The zero-order valence-electron chi connectivity index (χ0n) is 21.0. The van der Waals surface area contributed by atoms with E-state index in [-0.39, 0.29) is 18.9 Å². The number of nitrogens with one attached hydrogen (secondary N) is 2. The molecule has 5 rings (SSSR count). The Morgan fingerprint density at radius 2 is 1.78 bits per heavy atom. The average molecular weight is 519 g/mol. The summed E-state index contributed by atoms with van der Waals surface area (Å²) in [6.07, 6.45) is 2.91. The van der Waals surface area contributed by atoms with Gasteiger partial charge in [0.2, 0.25) is 11.8 Å². The largest absolute Gasteiger partial charge is 0.484 e. The van der Waals surface area contributed by atoms with E-state index < -0.39 is 64.3 Å². The first-order valence-electron chi connectivity index (χ1n) is 13.0. The van der Waals surface area contributed by atoms with Crippen molar-refractivity contribution in [2.24, 2.45) is 5.92 Å². The molecule has 3 heterocycles. The van der Waals surface area contributed by atoms with Crippen molar-refractivity contribution in [2.45, 2.75) is 76.6 Å². The highest BCUT2D eigenvalue weighted by Gasteiger charge is 2.48. The van der Waals surface area contributed by atoms with Crippen LogP contribution in [-0.4, -0.2) is 77.3 Å².